The number of carbonyl (C=O) groups excluding carboxylic acids is 4. The van der Waals surface area contributed by atoms with E-state index in [1.165, 1.54) is 0 Å². The molecule has 12 heteroatoms. The summed E-state index contributed by atoms with van der Waals surface area (Å²) >= 11 is 0. The van der Waals surface area contributed by atoms with Crippen LogP contribution in [-0.4, -0.2) is 70.3 Å². The maximum Gasteiger partial charge on any atom is 0.305 e. The Morgan fingerprint density at radius 3 is 2.03 bits per heavy atom. The number of carbonyl (C=O) groups is 6. The highest BCUT2D eigenvalue weighted by Gasteiger charge is 2.29. The summed E-state index contributed by atoms with van der Waals surface area (Å²) in [6.07, 6.45) is 0.912. The van der Waals surface area contributed by atoms with Crippen LogP contribution in [0.25, 0.3) is 0 Å². The van der Waals surface area contributed by atoms with Gasteiger partial charge >= 0.3 is 11.9 Å². The van der Waals surface area contributed by atoms with Crippen molar-refractivity contribution in [3.8, 4) is 0 Å². The summed E-state index contributed by atoms with van der Waals surface area (Å²) < 4.78 is 0. The van der Waals surface area contributed by atoms with Crippen LogP contribution >= 0.6 is 0 Å². The van der Waals surface area contributed by atoms with Gasteiger partial charge in [0.15, 0.2) is 0 Å². The van der Waals surface area contributed by atoms with Crippen molar-refractivity contribution in [1.29, 1.82) is 0 Å². The fourth-order valence-corrected chi connectivity index (χ4v) is 3.33. The number of benzene rings is 1. The first kappa shape index (κ1) is 30.2. The Kier molecular flexibility index (Phi) is 13.4. The first-order chi connectivity index (χ1) is 17.1. The molecule has 198 valence electrons. The van der Waals surface area contributed by atoms with Gasteiger partial charge in [-0.3, -0.25) is 24.0 Å². The maximum atomic E-state index is 12.9. The van der Waals surface area contributed by atoms with Gasteiger partial charge in [0.1, 0.15) is 18.4 Å². The van der Waals surface area contributed by atoms with Gasteiger partial charge in [0.25, 0.3) is 0 Å². The van der Waals surface area contributed by atoms with E-state index in [2.05, 4.69) is 16.0 Å². The van der Waals surface area contributed by atoms with Crippen molar-refractivity contribution < 1.29 is 39.0 Å². The third-order valence-corrected chi connectivity index (χ3v) is 5.28. The molecule has 0 fully saturated rings. The third-order valence-electron chi connectivity index (χ3n) is 5.28. The maximum absolute atomic E-state index is 12.9. The van der Waals surface area contributed by atoms with Gasteiger partial charge in [-0.1, -0.05) is 50.1 Å². The molecular formula is C24H34N4O8. The minimum atomic E-state index is -1.45. The summed E-state index contributed by atoms with van der Waals surface area (Å²) in [4.78, 5) is 71.5. The summed E-state index contributed by atoms with van der Waals surface area (Å²) in [6, 6.07) is 4.35. The lowest BCUT2D eigenvalue weighted by Gasteiger charge is -2.25. The van der Waals surface area contributed by atoms with Gasteiger partial charge in [-0.25, -0.2) is 0 Å². The number of rotatable bonds is 17. The molecule has 0 radical (unpaired) electrons. The highest BCUT2D eigenvalue weighted by molar-refractivity contribution is 5.94. The van der Waals surface area contributed by atoms with Crippen LogP contribution in [0.2, 0.25) is 0 Å². The molecule has 0 aromatic heterocycles. The molecule has 1 unspecified atom stereocenters. The number of amides is 3. The van der Waals surface area contributed by atoms with Crippen LogP contribution in [0.4, 0.5) is 0 Å². The number of aldehydes is 1. The molecule has 3 amide bonds. The van der Waals surface area contributed by atoms with Gasteiger partial charge in [0, 0.05) is 6.42 Å². The van der Waals surface area contributed by atoms with Crippen LogP contribution in [0, 0.1) is 0 Å². The molecule has 1 aromatic rings. The highest BCUT2D eigenvalue weighted by atomic mass is 16.4. The van der Waals surface area contributed by atoms with Crippen molar-refractivity contribution >= 4 is 35.9 Å². The molecular weight excluding hydrogens is 472 g/mol. The van der Waals surface area contributed by atoms with Gasteiger partial charge in [-0.2, -0.15) is 0 Å². The molecule has 0 heterocycles. The minimum Gasteiger partial charge on any atom is -0.481 e. The van der Waals surface area contributed by atoms with Gasteiger partial charge in [0.05, 0.1) is 18.5 Å². The zero-order valence-corrected chi connectivity index (χ0v) is 20.1. The predicted molar refractivity (Wildman–Crippen MR) is 129 cm³/mol. The van der Waals surface area contributed by atoms with Crippen molar-refractivity contribution in [1.82, 2.24) is 16.0 Å². The molecule has 0 aliphatic carbocycles. The van der Waals surface area contributed by atoms with Crippen LogP contribution in [-0.2, 0) is 35.2 Å². The quantitative estimate of drug-likeness (QED) is 0.154. The van der Waals surface area contributed by atoms with E-state index in [1.807, 2.05) is 25.1 Å². The van der Waals surface area contributed by atoms with E-state index < -0.39 is 66.7 Å². The number of nitrogens with two attached hydrogens (primary N) is 1. The smallest absolute Gasteiger partial charge is 0.305 e. The Balaban J connectivity index is 2.95. The van der Waals surface area contributed by atoms with E-state index in [1.54, 1.807) is 12.1 Å². The number of aliphatic carboxylic acids is 2. The number of hydrogen-bond donors (Lipinski definition) is 6. The van der Waals surface area contributed by atoms with E-state index in [0.717, 1.165) is 5.56 Å². The van der Waals surface area contributed by atoms with Crippen LogP contribution in [0.3, 0.4) is 0 Å². The summed E-state index contributed by atoms with van der Waals surface area (Å²) in [5.74, 6) is -4.90. The van der Waals surface area contributed by atoms with E-state index in [-0.39, 0.29) is 19.3 Å². The number of hydrogen-bond acceptors (Lipinski definition) is 7. The topological polar surface area (TPSA) is 205 Å². The Hall–Kier alpha value is -3.80. The normalized spacial score (nSPS) is 13.9. The fourth-order valence-electron chi connectivity index (χ4n) is 3.33. The fraction of sp³-hybridized carbons (Fsp3) is 0.500. The first-order valence-corrected chi connectivity index (χ1v) is 11.7. The van der Waals surface area contributed by atoms with E-state index in [9.17, 15) is 28.8 Å². The lowest BCUT2D eigenvalue weighted by molar-refractivity contribution is -0.140. The average molecular weight is 507 g/mol. The molecule has 0 aliphatic rings. The second kappa shape index (κ2) is 16.0. The van der Waals surface area contributed by atoms with Gasteiger partial charge < -0.3 is 36.7 Å². The molecule has 0 bridgehead atoms. The van der Waals surface area contributed by atoms with E-state index in [4.69, 9.17) is 15.9 Å². The number of carboxylic acids is 2. The lowest BCUT2D eigenvalue weighted by atomic mass is 10.0. The Morgan fingerprint density at radius 2 is 1.47 bits per heavy atom. The van der Waals surface area contributed by atoms with Gasteiger partial charge in [-0.05, 0) is 24.8 Å². The molecule has 1 aromatic carbocycles. The van der Waals surface area contributed by atoms with E-state index >= 15 is 0 Å². The molecule has 0 saturated heterocycles. The monoisotopic (exact) mass is 506 g/mol. The Morgan fingerprint density at radius 1 is 0.889 bits per heavy atom. The van der Waals surface area contributed by atoms with Crippen LogP contribution in [0.15, 0.2) is 30.3 Å². The average Bonchev–Trinajstić information content (AvgIpc) is 2.83. The van der Waals surface area contributed by atoms with Gasteiger partial charge in [0.2, 0.25) is 17.7 Å². The third kappa shape index (κ3) is 11.6. The van der Waals surface area contributed by atoms with Crippen molar-refractivity contribution in [2.45, 2.75) is 76.0 Å². The zero-order valence-electron chi connectivity index (χ0n) is 20.1. The Labute approximate surface area is 209 Å². The second-order valence-corrected chi connectivity index (χ2v) is 8.34. The van der Waals surface area contributed by atoms with Crippen LogP contribution in [0.1, 0.15) is 51.0 Å². The summed E-state index contributed by atoms with van der Waals surface area (Å²) in [6.45, 7) is 1.89. The molecule has 0 saturated carbocycles. The first-order valence-electron chi connectivity index (χ1n) is 11.7. The second-order valence-electron chi connectivity index (χ2n) is 8.34. The van der Waals surface area contributed by atoms with Crippen molar-refractivity contribution in [3.63, 3.8) is 0 Å². The molecule has 4 atom stereocenters. The van der Waals surface area contributed by atoms with Gasteiger partial charge in [-0.15, -0.1) is 0 Å². The summed E-state index contributed by atoms with van der Waals surface area (Å²) in [5, 5.41) is 25.2. The van der Waals surface area contributed by atoms with Crippen molar-refractivity contribution in [3.05, 3.63) is 35.9 Å². The Bertz CT molecular complexity index is 909. The number of nitrogens with one attached hydrogen (secondary N) is 3. The highest BCUT2D eigenvalue weighted by Crippen LogP contribution is 2.07. The molecule has 0 aliphatic heterocycles. The summed E-state index contributed by atoms with van der Waals surface area (Å²) in [7, 11) is 0. The SMILES string of the molecule is CCCCC(NC(=O)[C@H](CCC(=O)O)NC(=O)[C@@H](N)CC(=O)O)C(=O)N[C@H](C=O)Cc1ccccc1. The number of carboxylic acid groups (broad SMARTS) is 2. The van der Waals surface area contributed by atoms with Crippen molar-refractivity contribution in [2.24, 2.45) is 5.73 Å². The molecule has 36 heavy (non-hydrogen) atoms. The molecule has 0 spiro atoms. The molecule has 7 N–H and O–H groups in total. The van der Waals surface area contributed by atoms with Crippen LogP contribution < -0.4 is 21.7 Å². The van der Waals surface area contributed by atoms with E-state index in [0.29, 0.717) is 19.1 Å². The van der Waals surface area contributed by atoms with Crippen molar-refractivity contribution in [2.75, 3.05) is 0 Å². The molecule has 1 rings (SSSR count). The number of unbranched alkanes of at least 4 members (excludes halogenated alkanes) is 1. The zero-order chi connectivity index (χ0) is 27.1. The summed E-state index contributed by atoms with van der Waals surface area (Å²) in [5.41, 5.74) is 6.36. The largest absolute Gasteiger partial charge is 0.481 e. The van der Waals surface area contributed by atoms with Crippen LogP contribution in [0.5, 0.6) is 0 Å². The minimum absolute atomic E-state index is 0.239. The molecule has 12 nitrogen and oxygen atoms in total. The predicted octanol–water partition coefficient (Wildman–Crippen LogP) is -0.261. The standard InChI is InChI=1S/C24H34N4O8/c1-2-3-9-18(23(35)26-16(14-29)12-15-7-5-4-6-8-15)28-24(36)19(10-11-20(30)31)27-22(34)17(25)13-21(32)33/h4-8,14,16-19H,2-3,9-13,25H2,1H3,(H,26,35)(H,27,34)(H,28,36)(H,30,31)(H,32,33)/t16-,17-,18?,19-/m0/s1. The lowest BCUT2D eigenvalue weighted by Crippen LogP contribution is -2.57.